The van der Waals surface area contributed by atoms with E-state index >= 15 is 0 Å². The molecule has 104 valence electrons. The van der Waals surface area contributed by atoms with Gasteiger partial charge in [-0.15, -0.1) is 0 Å². The van der Waals surface area contributed by atoms with Gasteiger partial charge in [-0.1, -0.05) is 30.3 Å². The van der Waals surface area contributed by atoms with Gasteiger partial charge in [0.25, 0.3) is 0 Å². The summed E-state index contributed by atoms with van der Waals surface area (Å²) in [6.45, 7) is 1.95. The van der Waals surface area contributed by atoms with Crippen LogP contribution in [0.2, 0.25) is 0 Å². The molecule has 0 spiro atoms. The molecule has 0 unspecified atom stereocenters. The van der Waals surface area contributed by atoms with Gasteiger partial charge in [-0.3, -0.25) is 0 Å². The first-order chi connectivity index (χ1) is 9.75. The minimum Gasteiger partial charge on any atom is -0.489 e. The number of nitrogens with one attached hydrogen (secondary N) is 1. The Morgan fingerprint density at radius 2 is 2.00 bits per heavy atom. The Hall–Kier alpha value is -1.39. The van der Waals surface area contributed by atoms with Gasteiger partial charge < -0.3 is 10.1 Å². The van der Waals surface area contributed by atoms with Gasteiger partial charge in [0.15, 0.2) is 0 Å². The van der Waals surface area contributed by atoms with E-state index in [4.69, 9.17) is 4.74 Å². The van der Waals surface area contributed by atoms with Crippen molar-refractivity contribution in [2.75, 3.05) is 6.54 Å². The van der Waals surface area contributed by atoms with Crippen LogP contribution in [0.25, 0.3) is 0 Å². The van der Waals surface area contributed by atoms with Gasteiger partial charge in [0, 0.05) is 12.1 Å². The predicted octanol–water partition coefficient (Wildman–Crippen LogP) is 3.81. The Kier molecular flexibility index (Phi) is 4.03. The highest BCUT2D eigenvalue weighted by Crippen LogP contribution is 2.33. The summed E-state index contributed by atoms with van der Waals surface area (Å²) in [5.74, 6) is 0.595. The second-order valence-electron chi connectivity index (χ2n) is 4.83. The number of hydrogen-bond donors (Lipinski definition) is 1. The SMILES string of the molecule is Fc1c(Br)cc(OCc2ccccc2)c2c1CCNC2. The van der Waals surface area contributed by atoms with E-state index in [2.05, 4.69) is 21.2 Å². The van der Waals surface area contributed by atoms with Crippen molar-refractivity contribution in [3.05, 3.63) is 63.4 Å². The topological polar surface area (TPSA) is 21.3 Å². The zero-order chi connectivity index (χ0) is 13.9. The van der Waals surface area contributed by atoms with E-state index in [0.29, 0.717) is 24.0 Å². The lowest BCUT2D eigenvalue weighted by atomic mass is 9.99. The number of rotatable bonds is 3. The summed E-state index contributed by atoms with van der Waals surface area (Å²) in [4.78, 5) is 0. The van der Waals surface area contributed by atoms with Crippen LogP contribution in [-0.4, -0.2) is 6.54 Å². The second kappa shape index (κ2) is 5.94. The molecule has 0 bridgehead atoms. The Bertz CT molecular complexity index is 616. The first-order valence-corrected chi connectivity index (χ1v) is 7.42. The van der Waals surface area contributed by atoms with Crippen molar-refractivity contribution in [1.29, 1.82) is 0 Å². The third-order valence-electron chi connectivity index (χ3n) is 3.48. The third-order valence-corrected chi connectivity index (χ3v) is 4.06. The molecular formula is C16H15BrFNO. The normalized spacial score (nSPS) is 13.9. The number of benzene rings is 2. The highest BCUT2D eigenvalue weighted by Gasteiger charge is 2.20. The van der Waals surface area contributed by atoms with Crippen molar-refractivity contribution in [1.82, 2.24) is 5.32 Å². The molecule has 0 saturated carbocycles. The zero-order valence-corrected chi connectivity index (χ0v) is 12.5. The van der Waals surface area contributed by atoms with Crippen LogP contribution in [0.15, 0.2) is 40.9 Å². The molecule has 0 amide bonds. The highest BCUT2D eigenvalue weighted by atomic mass is 79.9. The third kappa shape index (κ3) is 2.72. The molecule has 4 heteroatoms. The summed E-state index contributed by atoms with van der Waals surface area (Å²) in [7, 11) is 0. The monoisotopic (exact) mass is 335 g/mol. The van der Waals surface area contributed by atoms with E-state index < -0.39 is 0 Å². The maximum absolute atomic E-state index is 14.1. The van der Waals surface area contributed by atoms with E-state index in [1.807, 2.05) is 30.3 Å². The lowest BCUT2D eigenvalue weighted by Gasteiger charge is -2.22. The summed E-state index contributed by atoms with van der Waals surface area (Å²) >= 11 is 3.28. The van der Waals surface area contributed by atoms with Crippen LogP contribution in [0.3, 0.4) is 0 Å². The number of ether oxygens (including phenoxy) is 1. The van der Waals surface area contributed by atoms with Gasteiger partial charge >= 0.3 is 0 Å². The molecular weight excluding hydrogens is 321 g/mol. The smallest absolute Gasteiger partial charge is 0.141 e. The minimum absolute atomic E-state index is 0.159. The minimum atomic E-state index is -0.159. The Morgan fingerprint density at radius 1 is 1.20 bits per heavy atom. The van der Waals surface area contributed by atoms with Crippen LogP contribution >= 0.6 is 15.9 Å². The standard InChI is InChI=1S/C16H15BrFNO/c17-14-8-15(20-10-11-4-2-1-3-5-11)13-9-19-7-6-12(13)16(14)18/h1-5,8,19H,6-7,9-10H2. The maximum Gasteiger partial charge on any atom is 0.141 e. The van der Waals surface area contributed by atoms with E-state index in [1.165, 1.54) is 0 Å². The zero-order valence-electron chi connectivity index (χ0n) is 11.0. The van der Waals surface area contributed by atoms with Crippen molar-refractivity contribution in [2.45, 2.75) is 19.6 Å². The summed E-state index contributed by atoms with van der Waals surface area (Å²) in [6.07, 6.45) is 0.697. The lowest BCUT2D eigenvalue weighted by Crippen LogP contribution is -2.25. The largest absolute Gasteiger partial charge is 0.489 e. The summed E-state index contributed by atoms with van der Waals surface area (Å²) in [5, 5.41) is 3.26. The van der Waals surface area contributed by atoms with Crippen LogP contribution in [0.1, 0.15) is 16.7 Å². The van der Waals surface area contributed by atoms with Crippen LogP contribution in [0, 0.1) is 5.82 Å². The number of fused-ring (bicyclic) bond motifs is 1. The van der Waals surface area contributed by atoms with Crippen LogP contribution in [0.5, 0.6) is 5.75 Å². The van der Waals surface area contributed by atoms with Crippen molar-refractivity contribution >= 4 is 15.9 Å². The van der Waals surface area contributed by atoms with Gasteiger partial charge in [-0.2, -0.15) is 0 Å². The number of halogens is 2. The quantitative estimate of drug-likeness (QED) is 0.920. The molecule has 2 aromatic carbocycles. The molecule has 0 saturated heterocycles. The highest BCUT2D eigenvalue weighted by molar-refractivity contribution is 9.10. The van der Waals surface area contributed by atoms with Gasteiger partial charge in [0.1, 0.15) is 18.2 Å². The fourth-order valence-corrected chi connectivity index (χ4v) is 2.88. The first-order valence-electron chi connectivity index (χ1n) is 6.63. The molecule has 2 nitrogen and oxygen atoms in total. The molecule has 2 aromatic rings. The number of hydrogen-bond acceptors (Lipinski definition) is 2. The Morgan fingerprint density at radius 3 is 2.80 bits per heavy atom. The second-order valence-corrected chi connectivity index (χ2v) is 5.68. The molecule has 1 aliphatic heterocycles. The lowest BCUT2D eigenvalue weighted by molar-refractivity contribution is 0.299. The Labute approximate surface area is 126 Å². The molecule has 20 heavy (non-hydrogen) atoms. The van der Waals surface area contributed by atoms with Gasteiger partial charge in [-0.25, -0.2) is 4.39 Å². The van der Waals surface area contributed by atoms with E-state index in [9.17, 15) is 4.39 Å². The Balaban J connectivity index is 1.88. The molecule has 0 aliphatic carbocycles. The average Bonchev–Trinajstić information content (AvgIpc) is 2.50. The van der Waals surface area contributed by atoms with Gasteiger partial charge in [0.2, 0.25) is 0 Å². The van der Waals surface area contributed by atoms with E-state index in [0.717, 1.165) is 29.0 Å². The maximum atomic E-state index is 14.1. The van der Waals surface area contributed by atoms with Gasteiger partial charge in [0.05, 0.1) is 4.47 Å². The van der Waals surface area contributed by atoms with Crippen molar-refractivity contribution in [3.8, 4) is 5.75 Å². The molecule has 0 radical (unpaired) electrons. The fraction of sp³-hybridized carbons (Fsp3) is 0.250. The van der Waals surface area contributed by atoms with Crippen molar-refractivity contribution in [2.24, 2.45) is 0 Å². The van der Waals surface area contributed by atoms with Crippen LogP contribution < -0.4 is 10.1 Å². The first kappa shape index (κ1) is 13.6. The van der Waals surface area contributed by atoms with E-state index in [-0.39, 0.29) is 5.82 Å². The molecule has 3 rings (SSSR count). The molecule has 1 aliphatic rings. The van der Waals surface area contributed by atoms with Crippen LogP contribution in [0.4, 0.5) is 4.39 Å². The molecule has 0 atom stereocenters. The summed E-state index contributed by atoms with van der Waals surface area (Å²) < 4.78 is 20.5. The average molecular weight is 336 g/mol. The van der Waals surface area contributed by atoms with Crippen molar-refractivity contribution < 1.29 is 9.13 Å². The summed E-state index contributed by atoms with van der Waals surface area (Å²) in [6, 6.07) is 11.7. The molecule has 1 N–H and O–H groups in total. The van der Waals surface area contributed by atoms with Gasteiger partial charge in [-0.05, 0) is 46.1 Å². The predicted molar refractivity (Wildman–Crippen MR) is 80.3 cm³/mol. The molecule has 0 aromatic heterocycles. The van der Waals surface area contributed by atoms with Crippen LogP contribution in [-0.2, 0) is 19.6 Å². The van der Waals surface area contributed by atoms with Crippen molar-refractivity contribution in [3.63, 3.8) is 0 Å². The fourth-order valence-electron chi connectivity index (χ4n) is 2.44. The van der Waals surface area contributed by atoms with E-state index in [1.54, 1.807) is 6.07 Å². The molecule has 1 heterocycles. The summed E-state index contributed by atoms with van der Waals surface area (Å²) in [5.41, 5.74) is 2.81. The molecule has 0 fully saturated rings.